The van der Waals surface area contributed by atoms with E-state index in [1.54, 1.807) is 13.2 Å². The fraction of sp³-hybridized carbons (Fsp3) is 0.500. The minimum absolute atomic E-state index is 0.505. The molecule has 0 heterocycles. The first-order chi connectivity index (χ1) is 7.65. The van der Waals surface area contributed by atoms with Crippen LogP contribution in [0.25, 0.3) is 0 Å². The quantitative estimate of drug-likeness (QED) is 0.750. The van der Waals surface area contributed by atoms with E-state index in [0.29, 0.717) is 18.2 Å². The predicted octanol–water partition coefficient (Wildman–Crippen LogP) is 1.92. The van der Waals surface area contributed by atoms with Gasteiger partial charge in [-0.2, -0.15) is 0 Å². The highest BCUT2D eigenvalue weighted by Gasteiger charge is 2.09. The third kappa shape index (κ3) is 4.10. The number of hydrogen-bond donors (Lipinski definition) is 2. The topological polar surface area (TPSA) is 41.5 Å². The molecule has 1 rings (SSSR count). The number of aliphatic hydroxyl groups excluding tert-OH is 1. The summed E-state index contributed by atoms with van der Waals surface area (Å²) < 4.78 is 4.91. The second-order valence-corrected chi connectivity index (χ2v) is 4.15. The smallest absolute Gasteiger partial charge is 0.0916 e. The Kier molecular flexibility index (Phi) is 5.77. The minimum atomic E-state index is -0.505. The molecule has 0 saturated heterocycles. The molecule has 0 spiro atoms. The summed E-state index contributed by atoms with van der Waals surface area (Å²) in [5, 5.41) is 13.8. The fourth-order valence-electron chi connectivity index (χ4n) is 1.54. The monoisotopic (exact) mass is 243 g/mol. The first kappa shape index (κ1) is 13.5. The van der Waals surface area contributed by atoms with Crippen molar-refractivity contribution in [1.29, 1.82) is 0 Å². The average molecular weight is 244 g/mol. The maximum Gasteiger partial charge on any atom is 0.0916 e. The van der Waals surface area contributed by atoms with Gasteiger partial charge in [-0.05, 0) is 30.2 Å². The summed E-state index contributed by atoms with van der Waals surface area (Å²) >= 11 is 5.85. The highest BCUT2D eigenvalue weighted by molar-refractivity contribution is 6.30. The fourth-order valence-corrected chi connectivity index (χ4v) is 1.76. The van der Waals surface area contributed by atoms with E-state index in [-0.39, 0.29) is 0 Å². The summed E-state index contributed by atoms with van der Waals surface area (Å²) in [4.78, 5) is 0. The van der Waals surface area contributed by atoms with Crippen LogP contribution >= 0.6 is 11.6 Å². The number of hydrogen-bond acceptors (Lipinski definition) is 3. The van der Waals surface area contributed by atoms with Gasteiger partial charge in [-0.15, -0.1) is 0 Å². The van der Waals surface area contributed by atoms with E-state index in [1.807, 2.05) is 19.1 Å². The largest absolute Gasteiger partial charge is 0.387 e. The molecule has 0 aliphatic carbocycles. The number of halogens is 1. The van der Waals surface area contributed by atoms with E-state index < -0.39 is 6.10 Å². The third-order valence-corrected chi connectivity index (χ3v) is 2.65. The van der Waals surface area contributed by atoms with Crippen LogP contribution in [0.3, 0.4) is 0 Å². The number of rotatable bonds is 6. The van der Waals surface area contributed by atoms with Crippen LogP contribution < -0.4 is 5.32 Å². The van der Waals surface area contributed by atoms with Gasteiger partial charge in [0.15, 0.2) is 0 Å². The Hall–Kier alpha value is -0.610. The molecule has 0 aliphatic rings. The van der Waals surface area contributed by atoms with Gasteiger partial charge in [-0.1, -0.05) is 17.7 Å². The Balaban J connectivity index is 2.49. The minimum Gasteiger partial charge on any atom is -0.387 e. The molecular formula is C12H18ClNO2. The van der Waals surface area contributed by atoms with Gasteiger partial charge >= 0.3 is 0 Å². The number of ether oxygens (including phenoxy) is 1. The van der Waals surface area contributed by atoms with Crippen molar-refractivity contribution in [2.75, 3.05) is 26.8 Å². The van der Waals surface area contributed by atoms with E-state index in [9.17, 15) is 5.11 Å². The van der Waals surface area contributed by atoms with Crippen LogP contribution in [0.5, 0.6) is 0 Å². The molecule has 4 heteroatoms. The summed E-state index contributed by atoms with van der Waals surface area (Å²) in [5.74, 6) is 0. The second kappa shape index (κ2) is 6.86. The summed E-state index contributed by atoms with van der Waals surface area (Å²) in [5.41, 5.74) is 1.92. The van der Waals surface area contributed by atoms with Crippen LogP contribution in [0.15, 0.2) is 18.2 Å². The van der Waals surface area contributed by atoms with E-state index >= 15 is 0 Å². The molecule has 0 bridgehead atoms. The zero-order valence-electron chi connectivity index (χ0n) is 9.66. The Morgan fingerprint density at radius 1 is 1.50 bits per heavy atom. The van der Waals surface area contributed by atoms with Gasteiger partial charge < -0.3 is 15.2 Å². The summed E-state index contributed by atoms with van der Waals surface area (Å²) in [6.45, 7) is 3.85. The molecule has 0 aliphatic heterocycles. The maximum atomic E-state index is 9.95. The lowest BCUT2D eigenvalue weighted by Crippen LogP contribution is -2.25. The normalized spacial score (nSPS) is 12.8. The lowest BCUT2D eigenvalue weighted by atomic mass is 10.0. The van der Waals surface area contributed by atoms with Gasteiger partial charge in [0, 0.05) is 25.2 Å². The van der Waals surface area contributed by atoms with Gasteiger partial charge in [0.1, 0.15) is 0 Å². The Labute approximate surface area is 101 Å². The molecule has 1 atom stereocenters. The molecule has 1 unspecified atom stereocenters. The van der Waals surface area contributed by atoms with Crippen molar-refractivity contribution in [3.05, 3.63) is 34.3 Å². The number of nitrogens with one attached hydrogen (secondary N) is 1. The van der Waals surface area contributed by atoms with E-state index in [0.717, 1.165) is 17.7 Å². The van der Waals surface area contributed by atoms with Crippen molar-refractivity contribution in [3.8, 4) is 0 Å². The molecule has 0 amide bonds. The number of benzene rings is 1. The van der Waals surface area contributed by atoms with Crippen molar-refractivity contribution in [2.24, 2.45) is 0 Å². The van der Waals surface area contributed by atoms with Crippen LogP contribution in [-0.2, 0) is 4.74 Å². The van der Waals surface area contributed by atoms with Crippen molar-refractivity contribution in [1.82, 2.24) is 5.32 Å². The van der Waals surface area contributed by atoms with Crippen LogP contribution in [0.4, 0.5) is 0 Å². The van der Waals surface area contributed by atoms with Gasteiger partial charge in [-0.25, -0.2) is 0 Å². The molecule has 90 valence electrons. The highest BCUT2D eigenvalue weighted by atomic mass is 35.5. The highest BCUT2D eigenvalue weighted by Crippen LogP contribution is 2.20. The molecule has 0 fully saturated rings. The second-order valence-electron chi connectivity index (χ2n) is 3.71. The number of methoxy groups -OCH3 is 1. The number of aryl methyl sites for hydroxylation is 1. The molecule has 1 aromatic carbocycles. The summed E-state index contributed by atoms with van der Waals surface area (Å²) in [7, 11) is 1.65. The Bertz CT molecular complexity index is 331. The van der Waals surface area contributed by atoms with Gasteiger partial charge in [0.05, 0.1) is 12.7 Å². The van der Waals surface area contributed by atoms with Gasteiger partial charge in [0.25, 0.3) is 0 Å². The lowest BCUT2D eigenvalue weighted by molar-refractivity contribution is 0.161. The SMILES string of the molecule is COCCNCC(O)c1ccc(Cl)cc1C. The van der Waals surface area contributed by atoms with Crippen LogP contribution in [0.2, 0.25) is 5.02 Å². The van der Waals surface area contributed by atoms with Crippen LogP contribution in [-0.4, -0.2) is 31.9 Å². The molecule has 0 radical (unpaired) electrons. The molecule has 16 heavy (non-hydrogen) atoms. The average Bonchev–Trinajstić information content (AvgIpc) is 2.24. The Morgan fingerprint density at radius 2 is 2.25 bits per heavy atom. The van der Waals surface area contributed by atoms with E-state index in [4.69, 9.17) is 16.3 Å². The van der Waals surface area contributed by atoms with Crippen LogP contribution in [0.1, 0.15) is 17.2 Å². The van der Waals surface area contributed by atoms with Crippen molar-refractivity contribution >= 4 is 11.6 Å². The lowest BCUT2D eigenvalue weighted by Gasteiger charge is -2.14. The maximum absolute atomic E-state index is 9.95. The standard InChI is InChI=1S/C12H18ClNO2/c1-9-7-10(13)3-4-11(9)12(15)8-14-5-6-16-2/h3-4,7,12,14-15H,5-6,8H2,1-2H3. The first-order valence-corrected chi connectivity index (χ1v) is 5.66. The molecule has 2 N–H and O–H groups in total. The van der Waals surface area contributed by atoms with Gasteiger partial charge in [0.2, 0.25) is 0 Å². The predicted molar refractivity (Wildman–Crippen MR) is 65.9 cm³/mol. The van der Waals surface area contributed by atoms with E-state index in [1.165, 1.54) is 0 Å². The van der Waals surface area contributed by atoms with Crippen LogP contribution in [0, 0.1) is 6.92 Å². The number of aliphatic hydroxyl groups is 1. The zero-order valence-corrected chi connectivity index (χ0v) is 10.4. The Morgan fingerprint density at radius 3 is 2.88 bits per heavy atom. The summed E-state index contributed by atoms with van der Waals surface area (Å²) in [6, 6.07) is 5.51. The molecule has 3 nitrogen and oxygen atoms in total. The first-order valence-electron chi connectivity index (χ1n) is 5.29. The molecule has 0 saturated carbocycles. The van der Waals surface area contributed by atoms with Crippen molar-refractivity contribution < 1.29 is 9.84 Å². The van der Waals surface area contributed by atoms with Gasteiger partial charge in [-0.3, -0.25) is 0 Å². The van der Waals surface area contributed by atoms with Crippen molar-refractivity contribution in [3.63, 3.8) is 0 Å². The summed E-state index contributed by atoms with van der Waals surface area (Å²) in [6.07, 6.45) is -0.505. The zero-order chi connectivity index (χ0) is 12.0. The molecule has 0 aromatic heterocycles. The van der Waals surface area contributed by atoms with Crippen molar-refractivity contribution in [2.45, 2.75) is 13.0 Å². The van der Waals surface area contributed by atoms with E-state index in [2.05, 4.69) is 5.32 Å². The molecule has 1 aromatic rings. The third-order valence-electron chi connectivity index (χ3n) is 2.41. The molecular weight excluding hydrogens is 226 g/mol.